The standard InChI is InChI=1S/C25H18Cl2N4O/c26-21-12-6-17(14-22(21)27)7-13-25(32)31-20-10-8-19(9-11-20)30-24-15-23(28-16-29-24)18-4-2-1-3-5-18/h1-16H,(H,31,32)(H,28,29,30)/b13-7+. The lowest BCUT2D eigenvalue weighted by Crippen LogP contribution is -2.07. The molecule has 0 aliphatic rings. The summed E-state index contributed by atoms with van der Waals surface area (Å²) in [6.07, 6.45) is 4.64. The molecular weight excluding hydrogens is 443 g/mol. The lowest BCUT2D eigenvalue weighted by atomic mass is 10.1. The molecule has 5 nitrogen and oxygen atoms in total. The molecule has 7 heteroatoms. The van der Waals surface area contributed by atoms with Crippen LogP contribution in [0.3, 0.4) is 0 Å². The van der Waals surface area contributed by atoms with Crippen LogP contribution in [0.15, 0.2) is 91.3 Å². The molecule has 32 heavy (non-hydrogen) atoms. The van der Waals surface area contributed by atoms with E-state index in [1.165, 1.54) is 12.4 Å². The average Bonchev–Trinajstić information content (AvgIpc) is 2.82. The van der Waals surface area contributed by atoms with E-state index >= 15 is 0 Å². The van der Waals surface area contributed by atoms with Crippen LogP contribution in [0, 0.1) is 0 Å². The van der Waals surface area contributed by atoms with Gasteiger partial charge in [-0.3, -0.25) is 4.79 Å². The summed E-state index contributed by atoms with van der Waals surface area (Å²) >= 11 is 11.9. The zero-order chi connectivity index (χ0) is 22.3. The normalized spacial score (nSPS) is 10.8. The van der Waals surface area contributed by atoms with Gasteiger partial charge in [-0.1, -0.05) is 59.6 Å². The summed E-state index contributed by atoms with van der Waals surface area (Å²) in [5.41, 5.74) is 4.15. The largest absolute Gasteiger partial charge is 0.340 e. The van der Waals surface area contributed by atoms with Gasteiger partial charge in [0.15, 0.2) is 0 Å². The van der Waals surface area contributed by atoms with Crippen molar-refractivity contribution in [3.63, 3.8) is 0 Å². The predicted molar refractivity (Wildman–Crippen MR) is 131 cm³/mol. The summed E-state index contributed by atoms with van der Waals surface area (Å²) in [4.78, 5) is 20.8. The molecule has 1 aromatic heterocycles. The van der Waals surface area contributed by atoms with E-state index in [9.17, 15) is 4.79 Å². The highest BCUT2D eigenvalue weighted by Crippen LogP contribution is 2.24. The third-order valence-corrected chi connectivity index (χ3v) is 5.27. The molecule has 0 radical (unpaired) electrons. The summed E-state index contributed by atoms with van der Waals surface area (Å²) in [6, 6.07) is 24.3. The Morgan fingerprint density at radius 2 is 1.56 bits per heavy atom. The maximum atomic E-state index is 12.2. The Hall–Kier alpha value is -3.67. The molecule has 1 amide bonds. The van der Waals surface area contributed by atoms with E-state index < -0.39 is 0 Å². The van der Waals surface area contributed by atoms with Crippen molar-refractivity contribution in [2.24, 2.45) is 0 Å². The second kappa shape index (κ2) is 10.1. The highest BCUT2D eigenvalue weighted by molar-refractivity contribution is 6.42. The van der Waals surface area contributed by atoms with Gasteiger partial charge in [-0.25, -0.2) is 9.97 Å². The number of hydrogen-bond acceptors (Lipinski definition) is 4. The van der Waals surface area contributed by atoms with Crippen molar-refractivity contribution < 1.29 is 4.79 Å². The summed E-state index contributed by atoms with van der Waals surface area (Å²) in [7, 11) is 0. The van der Waals surface area contributed by atoms with Gasteiger partial charge in [0.1, 0.15) is 12.1 Å². The van der Waals surface area contributed by atoms with Gasteiger partial charge in [-0.05, 0) is 48.0 Å². The lowest BCUT2D eigenvalue weighted by molar-refractivity contribution is -0.111. The molecule has 0 saturated carbocycles. The van der Waals surface area contributed by atoms with Gasteiger partial charge >= 0.3 is 0 Å². The number of hydrogen-bond donors (Lipinski definition) is 2. The van der Waals surface area contributed by atoms with Crippen LogP contribution >= 0.6 is 23.2 Å². The Kier molecular flexibility index (Phi) is 6.80. The fraction of sp³-hybridized carbons (Fsp3) is 0. The first-order valence-corrected chi connectivity index (χ1v) is 10.5. The van der Waals surface area contributed by atoms with Crippen LogP contribution in [-0.4, -0.2) is 15.9 Å². The highest BCUT2D eigenvalue weighted by Gasteiger charge is 2.04. The SMILES string of the molecule is O=C(/C=C/c1ccc(Cl)c(Cl)c1)Nc1ccc(Nc2cc(-c3ccccc3)ncn2)cc1. The zero-order valence-electron chi connectivity index (χ0n) is 16.8. The molecule has 0 atom stereocenters. The first-order chi connectivity index (χ1) is 15.6. The van der Waals surface area contributed by atoms with E-state index in [2.05, 4.69) is 20.6 Å². The van der Waals surface area contributed by atoms with Crippen LogP contribution in [0.1, 0.15) is 5.56 Å². The van der Waals surface area contributed by atoms with E-state index in [1.807, 2.05) is 60.7 Å². The van der Waals surface area contributed by atoms with Gasteiger partial charge in [0.05, 0.1) is 15.7 Å². The third kappa shape index (κ3) is 5.72. The lowest BCUT2D eigenvalue weighted by Gasteiger charge is -2.08. The zero-order valence-corrected chi connectivity index (χ0v) is 18.3. The Morgan fingerprint density at radius 1 is 0.812 bits per heavy atom. The highest BCUT2D eigenvalue weighted by atomic mass is 35.5. The first-order valence-electron chi connectivity index (χ1n) is 9.75. The summed E-state index contributed by atoms with van der Waals surface area (Å²) in [5.74, 6) is 0.431. The second-order valence-corrected chi connectivity index (χ2v) is 7.67. The smallest absolute Gasteiger partial charge is 0.248 e. The van der Waals surface area contributed by atoms with Crippen LogP contribution in [-0.2, 0) is 4.79 Å². The van der Waals surface area contributed by atoms with Crippen molar-refractivity contribution in [3.05, 3.63) is 107 Å². The van der Waals surface area contributed by atoms with E-state index in [4.69, 9.17) is 23.2 Å². The van der Waals surface area contributed by atoms with Crippen molar-refractivity contribution in [2.45, 2.75) is 0 Å². The number of amides is 1. The van der Waals surface area contributed by atoms with Gasteiger partial charge in [0.2, 0.25) is 5.91 Å². The van der Waals surface area contributed by atoms with Crippen molar-refractivity contribution in [3.8, 4) is 11.3 Å². The molecule has 0 unspecified atom stereocenters. The number of benzene rings is 3. The van der Waals surface area contributed by atoms with Crippen LogP contribution in [0.5, 0.6) is 0 Å². The molecule has 158 valence electrons. The van der Waals surface area contributed by atoms with Gasteiger partial charge in [-0.15, -0.1) is 0 Å². The first kappa shape index (κ1) is 21.6. The summed E-state index contributed by atoms with van der Waals surface area (Å²) in [5, 5.41) is 6.99. The minimum absolute atomic E-state index is 0.250. The van der Waals surface area contributed by atoms with Crippen molar-refractivity contribution >= 4 is 52.4 Å². The minimum Gasteiger partial charge on any atom is -0.340 e. The van der Waals surface area contributed by atoms with E-state index in [0.717, 1.165) is 22.5 Å². The van der Waals surface area contributed by atoms with Crippen LogP contribution < -0.4 is 10.6 Å². The van der Waals surface area contributed by atoms with Gasteiger partial charge < -0.3 is 10.6 Å². The average molecular weight is 461 g/mol. The number of nitrogens with one attached hydrogen (secondary N) is 2. The molecule has 0 aliphatic carbocycles. The Labute approximate surface area is 195 Å². The molecule has 3 aromatic carbocycles. The Balaban J connectivity index is 1.37. The number of aromatic nitrogens is 2. The Morgan fingerprint density at radius 3 is 2.31 bits per heavy atom. The summed E-state index contributed by atoms with van der Waals surface area (Å²) in [6.45, 7) is 0. The van der Waals surface area contributed by atoms with Gasteiger partial charge in [-0.2, -0.15) is 0 Å². The van der Waals surface area contributed by atoms with E-state index in [-0.39, 0.29) is 5.91 Å². The summed E-state index contributed by atoms with van der Waals surface area (Å²) < 4.78 is 0. The maximum Gasteiger partial charge on any atom is 0.248 e. The molecule has 0 fully saturated rings. The molecule has 0 bridgehead atoms. The number of carbonyl (C=O) groups excluding carboxylic acids is 1. The number of nitrogens with zero attached hydrogens (tertiary/aromatic N) is 2. The molecule has 0 saturated heterocycles. The van der Waals surface area contributed by atoms with Crippen LogP contribution in [0.4, 0.5) is 17.2 Å². The van der Waals surface area contributed by atoms with Crippen LogP contribution in [0.2, 0.25) is 10.0 Å². The minimum atomic E-state index is -0.250. The molecule has 4 rings (SSSR count). The van der Waals surface area contributed by atoms with Crippen LogP contribution in [0.25, 0.3) is 17.3 Å². The van der Waals surface area contributed by atoms with Crippen molar-refractivity contribution in [1.82, 2.24) is 9.97 Å². The van der Waals surface area contributed by atoms with E-state index in [0.29, 0.717) is 21.6 Å². The molecule has 0 aliphatic heterocycles. The van der Waals surface area contributed by atoms with Gasteiger partial charge in [0.25, 0.3) is 0 Å². The Bertz CT molecular complexity index is 1260. The van der Waals surface area contributed by atoms with E-state index in [1.54, 1.807) is 24.3 Å². The van der Waals surface area contributed by atoms with Crippen molar-refractivity contribution in [1.29, 1.82) is 0 Å². The molecular formula is C25H18Cl2N4O. The molecule has 1 heterocycles. The second-order valence-electron chi connectivity index (χ2n) is 6.85. The van der Waals surface area contributed by atoms with Gasteiger partial charge in [0, 0.05) is 29.1 Å². The monoisotopic (exact) mass is 460 g/mol. The molecule has 4 aromatic rings. The maximum absolute atomic E-state index is 12.2. The fourth-order valence-electron chi connectivity index (χ4n) is 2.95. The molecule has 2 N–H and O–H groups in total. The number of anilines is 3. The fourth-order valence-corrected chi connectivity index (χ4v) is 3.26. The quantitative estimate of drug-likeness (QED) is 0.309. The topological polar surface area (TPSA) is 66.9 Å². The predicted octanol–water partition coefficient (Wildman–Crippen LogP) is 6.85. The number of halogens is 2. The third-order valence-electron chi connectivity index (χ3n) is 4.53. The number of carbonyl (C=O) groups is 1. The number of rotatable bonds is 6. The molecule has 0 spiro atoms. The van der Waals surface area contributed by atoms with Crippen molar-refractivity contribution in [2.75, 3.05) is 10.6 Å².